The molecule has 0 aliphatic carbocycles. The number of methoxy groups -OCH3 is 1. The summed E-state index contributed by atoms with van der Waals surface area (Å²) in [6, 6.07) is 16.4. The number of hydrogen-bond donors (Lipinski definition) is 1. The molecule has 0 radical (unpaired) electrons. The normalized spacial score (nSPS) is 14.2. The van der Waals surface area contributed by atoms with E-state index >= 15 is 0 Å². The first-order chi connectivity index (χ1) is 18.3. The summed E-state index contributed by atoms with van der Waals surface area (Å²) in [7, 11) is 1.68. The van der Waals surface area contributed by atoms with Crippen molar-refractivity contribution in [1.82, 2.24) is 19.5 Å². The maximum Gasteiger partial charge on any atom is 0.138 e. The molecule has 0 bridgehead atoms. The Morgan fingerprint density at radius 3 is 2.55 bits per heavy atom. The summed E-state index contributed by atoms with van der Waals surface area (Å²) in [4.78, 5) is 7.19. The lowest BCUT2D eigenvalue weighted by Crippen LogP contribution is -2.28. The van der Waals surface area contributed by atoms with Gasteiger partial charge in [0.15, 0.2) is 0 Å². The average molecular weight is 510 g/mol. The highest BCUT2D eigenvalue weighted by molar-refractivity contribution is 5.85. The van der Waals surface area contributed by atoms with E-state index in [1.54, 1.807) is 37.9 Å². The Morgan fingerprint density at radius 2 is 1.92 bits per heavy atom. The van der Waals surface area contributed by atoms with Crippen molar-refractivity contribution in [3.63, 3.8) is 0 Å². The van der Waals surface area contributed by atoms with Gasteiger partial charge in [-0.1, -0.05) is 24.3 Å². The lowest BCUT2D eigenvalue weighted by Gasteiger charge is -2.26. The van der Waals surface area contributed by atoms with Gasteiger partial charge in [-0.25, -0.2) is 4.52 Å². The summed E-state index contributed by atoms with van der Waals surface area (Å²) < 4.78 is 12.7. The second-order valence-electron chi connectivity index (χ2n) is 10.1. The molecule has 4 aromatic rings. The lowest BCUT2D eigenvalue weighted by atomic mass is 10.0. The van der Waals surface area contributed by atoms with Gasteiger partial charge >= 0.3 is 0 Å². The van der Waals surface area contributed by atoms with Gasteiger partial charge in [0, 0.05) is 37.0 Å². The minimum atomic E-state index is -0.974. The third-order valence-electron chi connectivity index (χ3n) is 6.56. The lowest BCUT2D eigenvalue weighted by molar-refractivity contribution is 0.0283. The Balaban J connectivity index is 1.34. The van der Waals surface area contributed by atoms with Gasteiger partial charge < -0.3 is 14.6 Å². The molecule has 1 aliphatic heterocycles. The van der Waals surface area contributed by atoms with Gasteiger partial charge in [-0.05, 0) is 55.7 Å². The maximum atomic E-state index is 10.1. The van der Waals surface area contributed by atoms with E-state index in [1.807, 2.05) is 36.5 Å². The quantitative estimate of drug-likeness (QED) is 0.367. The number of aromatic nitrogens is 3. The summed E-state index contributed by atoms with van der Waals surface area (Å²) in [5, 5.41) is 24.0. The minimum absolute atomic E-state index is 0.130. The van der Waals surface area contributed by atoms with Crippen LogP contribution in [-0.4, -0.2) is 57.0 Å². The van der Waals surface area contributed by atoms with Crippen molar-refractivity contribution in [3.05, 3.63) is 84.0 Å². The van der Waals surface area contributed by atoms with Crippen molar-refractivity contribution < 1.29 is 14.6 Å². The fraction of sp³-hybridized carbons (Fsp3) is 0.300. The smallest absolute Gasteiger partial charge is 0.138 e. The Labute approximate surface area is 222 Å². The van der Waals surface area contributed by atoms with Crippen LogP contribution in [0.3, 0.4) is 0 Å². The molecule has 1 aromatic carbocycles. The SMILES string of the molecule is COc1ccc(CN2CC=C(c3ccc(-c4cc(OCC(C)(C)O)cn5ncc(C#N)c45)cn3)CC2)cc1. The van der Waals surface area contributed by atoms with E-state index in [9.17, 15) is 10.4 Å². The number of pyridine rings is 2. The largest absolute Gasteiger partial charge is 0.497 e. The van der Waals surface area contributed by atoms with E-state index in [2.05, 4.69) is 34.3 Å². The molecule has 8 heteroatoms. The highest BCUT2D eigenvalue weighted by Crippen LogP contribution is 2.32. The van der Waals surface area contributed by atoms with Crippen LogP contribution in [0.2, 0.25) is 0 Å². The molecule has 1 aliphatic rings. The number of nitriles is 1. The summed E-state index contributed by atoms with van der Waals surface area (Å²) in [6.45, 7) is 6.24. The van der Waals surface area contributed by atoms with Gasteiger partial charge in [0.05, 0.1) is 41.9 Å². The van der Waals surface area contributed by atoms with E-state index in [1.165, 1.54) is 11.1 Å². The molecule has 0 saturated heterocycles. The molecule has 1 N–H and O–H groups in total. The van der Waals surface area contributed by atoms with Gasteiger partial charge in [-0.2, -0.15) is 10.4 Å². The number of fused-ring (bicyclic) bond motifs is 1. The van der Waals surface area contributed by atoms with Crippen LogP contribution >= 0.6 is 0 Å². The van der Waals surface area contributed by atoms with E-state index in [0.717, 1.165) is 48.6 Å². The zero-order chi connectivity index (χ0) is 26.7. The molecule has 8 nitrogen and oxygen atoms in total. The van der Waals surface area contributed by atoms with Crippen LogP contribution in [0.15, 0.2) is 67.1 Å². The zero-order valence-electron chi connectivity index (χ0n) is 21.9. The number of aliphatic hydroxyl groups is 1. The Hall–Kier alpha value is -4.19. The number of ether oxygens (including phenoxy) is 2. The van der Waals surface area contributed by atoms with Gasteiger partial charge in [-0.3, -0.25) is 9.88 Å². The van der Waals surface area contributed by atoms with Crippen molar-refractivity contribution in [2.75, 3.05) is 26.8 Å². The Kier molecular flexibility index (Phi) is 7.14. The van der Waals surface area contributed by atoms with Crippen LogP contribution in [-0.2, 0) is 6.54 Å². The van der Waals surface area contributed by atoms with Crippen molar-refractivity contribution in [3.8, 4) is 28.7 Å². The number of benzene rings is 1. The topological polar surface area (TPSA) is 95.9 Å². The molecule has 4 heterocycles. The molecule has 194 valence electrons. The minimum Gasteiger partial charge on any atom is -0.497 e. The standard InChI is InChI=1S/C30H31N5O3/c1-30(2,36)20-38-26-14-27(29-24(15-31)17-33-35(29)19-26)23-6-9-28(32-16-23)22-10-12-34(13-11-22)18-21-4-7-25(37-3)8-5-21/h4-10,14,16-17,19,36H,11-13,18,20H2,1-3H3. The van der Waals surface area contributed by atoms with E-state index in [0.29, 0.717) is 16.8 Å². The Bertz CT molecular complexity index is 1490. The molecule has 0 amide bonds. The molecule has 5 rings (SSSR count). The van der Waals surface area contributed by atoms with Crippen molar-refractivity contribution in [1.29, 1.82) is 5.26 Å². The van der Waals surface area contributed by atoms with Crippen LogP contribution in [0, 0.1) is 11.3 Å². The maximum absolute atomic E-state index is 10.1. The fourth-order valence-corrected chi connectivity index (χ4v) is 4.56. The van der Waals surface area contributed by atoms with Crippen molar-refractivity contribution >= 4 is 11.1 Å². The van der Waals surface area contributed by atoms with Gasteiger partial charge in [0.25, 0.3) is 0 Å². The first-order valence-corrected chi connectivity index (χ1v) is 12.6. The molecular formula is C30H31N5O3. The van der Waals surface area contributed by atoms with Crippen molar-refractivity contribution in [2.45, 2.75) is 32.4 Å². The van der Waals surface area contributed by atoms with E-state index in [4.69, 9.17) is 14.5 Å². The molecular weight excluding hydrogens is 478 g/mol. The van der Waals surface area contributed by atoms with Crippen LogP contribution in [0.1, 0.15) is 37.1 Å². The van der Waals surface area contributed by atoms with Crippen LogP contribution in [0.4, 0.5) is 0 Å². The van der Waals surface area contributed by atoms with Gasteiger partial charge in [0.1, 0.15) is 24.2 Å². The molecule has 0 atom stereocenters. The predicted octanol–water partition coefficient (Wildman–Crippen LogP) is 4.72. The summed E-state index contributed by atoms with van der Waals surface area (Å²) in [5.74, 6) is 1.42. The fourth-order valence-electron chi connectivity index (χ4n) is 4.56. The molecule has 0 saturated carbocycles. The summed E-state index contributed by atoms with van der Waals surface area (Å²) in [5.41, 5.74) is 5.32. The van der Waals surface area contributed by atoms with Gasteiger partial charge in [-0.15, -0.1) is 0 Å². The monoisotopic (exact) mass is 509 g/mol. The second kappa shape index (κ2) is 10.7. The van der Waals surface area contributed by atoms with Crippen LogP contribution in [0.25, 0.3) is 22.2 Å². The summed E-state index contributed by atoms with van der Waals surface area (Å²) in [6.07, 6.45) is 8.28. The molecule has 0 spiro atoms. The summed E-state index contributed by atoms with van der Waals surface area (Å²) >= 11 is 0. The van der Waals surface area contributed by atoms with Crippen molar-refractivity contribution in [2.24, 2.45) is 0 Å². The third kappa shape index (κ3) is 5.70. The van der Waals surface area contributed by atoms with E-state index in [-0.39, 0.29) is 6.61 Å². The number of rotatable bonds is 8. The third-order valence-corrected chi connectivity index (χ3v) is 6.56. The Morgan fingerprint density at radius 1 is 1.11 bits per heavy atom. The average Bonchev–Trinajstić information content (AvgIpc) is 3.35. The number of hydrogen-bond acceptors (Lipinski definition) is 7. The second-order valence-corrected chi connectivity index (χ2v) is 10.1. The molecule has 0 unspecified atom stereocenters. The molecule has 0 fully saturated rings. The molecule has 3 aromatic heterocycles. The number of nitrogens with zero attached hydrogens (tertiary/aromatic N) is 5. The predicted molar refractivity (Wildman–Crippen MR) is 146 cm³/mol. The highest BCUT2D eigenvalue weighted by atomic mass is 16.5. The first-order valence-electron chi connectivity index (χ1n) is 12.6. The highest BCUT2D eigenvalue weighted by Gasteiger charge is 2.18. The van der Waals surface area contributed by atoms with E-state index < -0.39 is 5.60 Å². The van der Waals surface area contributed by atoms with Crippen LogP contribution < -0.4 is 9.47 Å². The first kappa shape index (κ1) is 25.5. The van der Waals surface area contributed by atoms with Crippen LogP contribution in [0.5, 0.6) is 11.5 Å². The molecule has 38 heavy (non-hydrogen) atoms. The van der Waals surface area contributed by atoms with Gasteiger partial charge in [0.2, 0.25) is 0 Å². The zero-order valence-corrected chi connectivity index (χ0v) is 21.9.